The number of hydrogen-bond donors (Lipinski definition) is 0. The van der Waals surface area contributed by atoms with Gasteiger partial charge in [-0.1, -0.05) is 12.2 Å². The zero-order valence-electron chi connectivity index (χ0n) is 17.3. The van der Waals surface area contributed by atoms with E-state index < -0.39 is 0 Å². The van der Waals surface area contributed by atoms with Crippen LogP contribution in [0.25, 0.3) is 0 Å². The Morgan fingerprint density at radius 1 is 0.900 bits per heavy atom. The zero-order valence-corrected chi connectivity index (χ0v) is 17.3. The number of hydrogen-bond acceptors (Lipinski definition) is 4. The van der Waals surface area contributed by atoms with Gasteiger partial charge in [0.25, 0.3) is 0 Å². The van der Waals surface area contributed by atoms with Gasteiger partial charge in [-0.25, -0.2) is 4.39 Å². The molecule has 160 valence electrons. The highest BCUT2D eigenvalue weighted by atomic mass is 19.1. The van der Waals surface area contributed by atoms with Crippen LogP contribution in [0.1, 0.15) is 48.9 Å². The van der Waals surface area contributed by atoms with Crippen LogP contribution in [0.3, 0.4) is 0 Å². The maximum Gasteiger partial charge on any atom is 0.233 e. The van der Waals surface area contributed by atoms with E-state index in [1.165, 1.54) is 17.0 Å². The third-order valence-electron chi connectivity index (χ3n) is 6.79. The molecule has 2 aliphatic heterocycles. The van der Waals surface area contributed by atoms with Gasteiger partial charge in [0.1, 0.15) is 5.82 Å². The number of unbranched alkanes of at least 4 members (excludes halogenated alkanes) is 1. The number of benzene rings is 1. The minimum atomic E-state index is -0.325. The molecule has 1 aliphatic carbocycles. The minimum Gasteiger partial charge on any atom is -0.303 e. The lowest BCUT2D eigenvalue weighted by atomic mass is 9.85. The first-order valence-electron chi connectivity index (χ1n) is 11.1. The number of carbonyl (C=O) groups excluding carboxylic acids is 3. The topological polar surface area (TPSA) is 57.7 Å². The van der Waals surface area contributed by atoms with Crippen molar-refractivity contribution in [2.45, 2.75) is 38.5 Å². The average molecular weight is 413 g/mol. The van der Waals surface area contributed by atoms with E-state index in [0.29, 0.717) is 24.9 Å². The number of fused-ring (bicyclic) bond motifs is 1. The van der Waals surface area contributed by atoms with Crippen molar-refractivity contribution in [3.05, 3.63) is 47.8 Å². The minimum absolute atomic E-state index is 0.00325. The predicted octanol–water partition coefficient (Wildman–Crippen LogP) is 3.45. The molecule has 2 fully saturated rings. The molecular formula is C24H29FN2O3. The highest BCUT2D eigenvalue weighted by molar-refractivity contribution is 6.05. The summed E-state index contributed by atoms with van der Waals surface area (Å²) in [7, 11) is 0. The van der Waals surface area contributed by atoms with Crippen LogP contribution in [0.5, 0.6) is 0 Å². The van der Waals surface area contributed by atoms with Crippen LogP contribution in [0.15, 0.2) is 36.4 Å². The zero-order chi connectivity index (χ0) is 21.1. The largest absolute Gasteiger partial charge is 0.303 e. The van der Waals surface area contributed by atoms with Gasteiger partial charge in [-0.15, -0.1) is 0 Å². The molecular weight excluding hydrogens is 383 g/mol. The van der Waals surface area contributed by atoms with Gasteiger partial charge in [0.2, 0.25) is 11.8 Å². The third-order valence-corrected chi connectivity index (χ3v) is 6.79. The molecule has 0 radical (unpaired) electrons. The normalized spacial score (nSPS) is 25.0. The Balaban J connectivity index is 1.17. The van der Waals surface area contributed by atoms with E-state index in [0.717, 1.165) is 45.3 Å². The Kier molecular flexibility index (Phi) is 6.42. The van der Waals surface area contributed by atoms with Crippen LogP contribution in [0.4, 0.5) is 4.39 Å². The van der Waals surface area contributed by atoms with E-state index in [9.17, 15) is 18.8 Å². The Morgan fingerprint density at radius 3 is 2.07 bits per heavy atom. The number of piperidine rings is 1. The van der Waals surface area contributed by atoms with Crippen molar-refractivity contribution in [3.63, 3.8) is 0 Å². The van der Waals surface area contributed by atoms with Gasteiger partial charge in [0.15, 0.2) is 5.78 Å². The number of nitrogens with zero attached hydrogens (tertiary/aromatic N) is 2. The van der Waals surface area contributed by atoms with Gasteiger partial charge in [-0.3, -0.25) is 19.3 Å². The third kappa shape index (κ3) is 4.38. The van der Waals surface area contributed by atoms with Gasteiger partial charge in [-0.2, -0.15) is 0 Å². The summed E-state index contributed by atoms with van der Waals surface area (Å²) in [6, 6.07) is 5.81. The molecule has 30 heavy (non-hydrogen) atoms. The van der Waals surface area contributed by atoms with Gasteiger partial charge >= 0.3 is 0 Å². The molecule has 2 atom stereocenters. The van der Waals surface area contributed by atoms with E-state index in [2.05, 4.69) is 4.90 Å². The van der Waals surface area contributed by atoms with E-state index in [4.69, 9.17) is 0 Å². The second-order valence-corrected chi connectivity index (χ2v) is 8.68. The number of imide groups is 1. The number of amides is 2. The first-order valence-corrected chi connectivity index (χ1v) is 11.1. The first kappa shape index (κ1) is 20.9. The quantitative estimate of drug-likeness (QED) is 0.298. The summed E-state index contributed by atoms with van der Waals surface area (Å²) < 4.78 is 13.0. The number of likely N-dealkylation sites (tertiary alicyclic amines) is 2. The number of Topliss-reactive ketones (excluding diaryl/α,β-unsaturated/α-hetero) is 1. The van der Waals surface area contributed by atoms with Crippen LogP contribution in [-0.4, -0.2) is 53.6 Å². The van der Waals surface area contributed by atoms with Gasteiger partial charge in [-0.05, 0) is 82.4 Å². The lowest BCUT2D eigenvalue weighted by Gasteiger charge is -2.31. The maximum absolute atomic E-state index is 13.0. The Morgan fingerprint density at radius 2 is 1.47 bits per heavy atom. The molecule has 1 aromatic carbocycles. The van der Waals surface area contributed by atoms with Crippen LogP contribution >= 0.6 is 0 Å². The summed E-state index contributed by atoms with van der Waals surface area (Å²) in [5.74, 6) is -0.474. The fraction of sp³-hybridized carbons (Fsp3) is 0.542. The summed E-state index contributed by atoms with van der Waals surface area (Å²) in [5.41, 5.74) is 0.588. The smallest absolute Gasteiger partial charge is 0.233 e. The van der Waals surface area contributed by atoms with Crippen LogP contribution in [-0.2, 0) is 9.59 Å². The van der Waals surface area contributed by atoms with Crippen molar-refractivity contribution in [3.8, 4) is 0 Å². The van der Waals surface area contributed by atoms with Crippen molar-refractivity contribution in [2.24, 2.45) is 17.8 Å². The number of allylic oxidation sites excluding steroid dienone is 2. The molecule has 0 N–H and O–H groups in total. The summed E-state index contributed by atoms with van der Waals surface area (Å²) >= 11 is 0. The molecule has 5 nitrogen and oxygen atoms in total. The number of rotatable bonds is 7. The molecule has 4 rings (SSSR count). The number of ketones is 1. The van der Waals surface area contributed by atoms with Crippen molar-refractivity contribution >= 4 is 17.6 Å². The molecule has 2 amide bonds. The predicted molar refractivity (Wildman–Crippen MR) is 111 cm³/mol. The fourth-order valence-corrected chi connectivity index (χ4v) is 4.96. The van der Waals surface area contributed by atoms with E-state index in [-0.39, 0.29) is 41.2 Å². The average Bonchev–Trinajstić information content (AvgIpc) is 3.02. The molecule has 0 aromatic heterocycles. The number of halogens is 1. The number of carbonyl (C=O) groups is 3. The molecule has 2 heterocycles. The lowest BCUT2D eigenvalue weighted by molar-refractivity contribution is -0.139. The van der Waals surface area contributed by atoms with E-state index >= 15 is 0 Å². The van der Waals surface area contributed by atoms with Gasteiger partial charge < -0.3 is 4.90 Å². The molecule has 1 aromatic rings. The SMILES string of the molecule is O=C(c1ccc(F)cc1)C1CCN(CCCCN2C(=O)C3CC=CCC3C2=O)CC1. The molecule has 0 spiro atoms. The van der Waals surface area contributed by atoms with E-state index in [1.54, 1.807) is 12.1 Å². The fourth-order valence-electron chi connectivity index (χ4n) is 4.96. The Labute approximate surface area is 176 Å². The standard InChI is InChI=1S/C24H29FN2O3/c25-19-9-7-17(8-10-19)22(28)18-11-15-26(16-12-18)13-3-4-14-27-23(29)20-5-1-2-6-21(20)24(27)30/h1-2,7-10,18,20-21H,3-6,11-16H2. The highest BCUT2D eigenvalue weighted by Crippen LogP contribution is 2.35. The maximum atomic E-state index is 13.0. The first-order chi connectivity index (χ1) is 14.5. The van der Waals surface area contributed by atoms with Crippen molar-refractivity contribution in [2.75, 3.05) is 26.2 Å². The Bertz CT molecular complexity index is 801. The van der Waals surface area contributed by atoms with Crippen LogP contribution in [0, 0.1) is 23.6 Å². The highest BCUT2D eigenvalue weighted by Gasteiger charge is 2.46. The van der Waals surface area contributed by atoms with Gasteiger partial charge in [0, 0.05) is 18.0 Å². The molecule has 6 heteroatoms. The monoisotopic (exact) mass is 412 g/mol. The second kappa shape index (κ2) is 9.21. The molecule has 3 aliphatic rings. The molecule has 0 saturated carbocycles. The van der Waals surface area contributed by atoms with Gasteiger partial charge in [0.05, 0.1) is 11.8 Å². The Hall–Kier alpha value is -2.34. The van der Waals surface area contributed by atoms with Crippen molar-refractivity contribution in [1.29, 1.82) is 0 Å². The summed E-state index contributed by atoms with van der Waals surface area (Å²) in [6.45, 7) is 3.18. The molecule has 2 unspecified atom stereocenters. The summed E-state index contributed by atoms with van der Waals surface area (Å²) in [4.78, 5) is 41.4. The van der Waals surface area contributed by atoms with Crippen molar-refractivity contribution < 1.29 is 18.8 Å². The van der Waals surface area contributed by atoms with E-state index in [1.807, 2.05) is 12.2 Å². The van der Waals surface area contributed by atoms with Crippen LogP contribution in [0.2, 0.25) is 0 Å². The lowest BCUT2D eigenvalue weighted by Crippen LogP contribution is -2.37. The summed E-state index contributed by atoms with van der Waals surface area (Å²) in [5, 5.41) is 0. The molecule has 2 saturated heterocycles. The second-order valence-electron chi connectivity index (χ2n) is 8.68. The summed E-state index contributed by atoms with van der Waals surface area (Å²) in [6.07, 6.45) is 8.79. The van der Waals surface area contributed by atoms with Crippen molar-refractivity contribution in [1.82, 2.24) is 9.80 Å². The molecule has 0 bridgehead atoms. The van der Waals surface area contributed by atoms with Crippen LogP contribution < -0.4 is 0 Å².